The van der Waals surface area contributed by atoms with Crippen LogP contribution < -0.4 is 5.32 Å². The molecule has 9 nitrogen and oxygen atoms in total. The number of anilines is 1. The van der Waals surface area contributed by atoms with Crippen molar-refractivity contribution in [2.75, 3.05) is 25.3 Å². The first-order chi connectivity index (χ1) is 17.8. The first kappa shape index (κ1) is 26.6. The summed E-state index contributed by atoms with van der Waals surface area (Å²) in [6.07, 6.45) is 5.05. The van der Waals surface area contributed by atoms with Gasteiger partial charge in [-0.1, -0.05) is 24.8 Å². The van der Waals surface area contributed by atoms with Gasteiger partial charge in [0.25, 0.3) is 0 Å². The molecule has 1 amide bonds. The number of allylic oxidation sites excluding steroid dienone is 1. The molecule has 0 saturated heterocycles. The van der Waals surface area contributed by atoms with Crippen LogP contribution >= 0.6 is 23.1 Å². The molecule has 1 N–H and O–H groups in total. The number of nitrogens with zero attached hydrogens (tertiary/aromatic N) is 3. The Balaban J connectivity index is 1.51. The summed E-state index contributed by atoms with van der Waals surface area (Å²) in [5.74, 6) is -0.0872. The van der Waals surface area contributed by atoms with Gasteiger partial charge in [0.05, 0.1) is 31.1 Å². The Kier molecular flexibility index (Phi) is 8.45. The van der Waals surface area contributed by atoms with Crippen LogP contribution in [0.2, 0.25) is 0 Å². The summed E-state index contributed by atoms with van der Waals surface area (Å²) in [5, 5.41) is 14.3. The Labute approximate surface area is 223 Å². The molecule has 1 unspecified atom stereocenters. The van der Waals surface area contributed by atoms with Crippen molar-refractivity contribution >= 4 is 46.6 Å². The average molecular weight is 541 g/mol. The smallest absolute Gasteiger partial charge is 0.337 e. The average Bonchev–Trinajstić information content (AvgIpc) is 3.49. The molecule has 0 saturated carbocycles. The number of hydrogen-bond acceptors (Lipinski definition) is 9. The lowest BCUT2D eigenvalue weighted by Gasteiger charge is -2.19. The van der Waals surface area contributed by atoms with E-state index < -0.39 is 11.9 Å². The Morgan fingerprint density at radius 3 is 2.54 bits per heavy atom. The van der Waals surface area contributed by atoms with E-state index in [1.807, 2.05) is 4.57 Å². The van der Waals surface area contributed by atoms with Crippen LogP contribution in [0.15, 0.2) is 41.4 Å². The van der Waals surface area contributed by atoms with Crippen molar-refractivity contribution in [3.63, 3.8) is 0 Å². The van der Waals surface area contributed by atoms with Crippen molar-refractivity contribution < 1.29 is 23.9 Å². The van der Waals surface area contributed by atoms with Gasteiger partial charge >= 0.3 is 11.9 Å². The van der Waals surface area contributed by atoms with Gasteiger partial charge in [0.2, 0.25) is 5.91 Å². The molecule has 1 atom stereocenters. The standard InChI is InChI=1S/C26H28N4O5S2/c1-5-8-30-23(20-13-36-21-9-15(2)6-7-19(20)21)28-29-26(30)37-14-22(31)27-18-11-16(24(32)34-3)10-17(12-18)25(33)35-4/h5,10-13,15H,1,6-9,14H2,2-4H3,(H,27,31). The fourth-order valence-corrected chi connectivity index (χ4v) is 6.24. The molecule has 0 radical (unpaired) electrons. The van der Waals surface area contributed by atoms with E-state index in [-0.39, 0.29) is 28.5 Å². The number of esters is 2. The van der Waals surface area contributed by atoms with Crippen molar-refractivity contribution in [2.24, 2.45) is 5.92 Å². The molecule has 37 heavy (non-hydrogen) atoms. The van der Waals surface area contributed by atoms with Gasteiger partial charge in [0.15, 0.2) is 11.0 Å². The van der Waals surface area contributed by atoms with E-state index in [9.17, 15) is 14.4 Å². The van der Waals surface area contributed by atoms with Gasteiger partial charge in [-0.05, 0) is 48.9 Å². The Morgan fingerprint density at radius 2 is 1.89 bits per heavy atom. The second kappa shape index (κ2) is 11.7. The predicted octanol–water partition coefficient (Wildman–Crippen LogP) is 4.62. The van der Waals surface area contributed by atoms with Crippen LogP contribution in [0.4, 0.5) is 5.69 Å². The molecule has 0 fully saturated rings. The van der Waals surface area contributed by atoms with E-state index in [0.29, 0.717) is 17.6 Å². The first-order valence-electron chi connectivity index (χ1n) is 11.7. The highest BCUT2D eigenvalue weighted by Crippen LogP contribution is 2.38. The molecule has 4 rings (SSSR count). The maximum absolute atomic E-state index is 12.8. The number of amides is 1. The highest BCUT2D eigenvalue weighted by atomic mass is 32.2. The Morgan fingerprint density at radius 1 is 1.19 bits per heavy atom. The summed E-state index contributed by atoms with van der Waals surface area (Å²) < 4.78 is 11.5. The van der Waals surface area contributed by atoms with Crippen molar-refractivity contribution in [1.29, 1.82) is 0 Å². The largest absolute Gasteiger partial charge is 0.465 e. The number of rotatable bonds is 9. The second-order valence-electron chi connectivity index (χ2n) is 8.72. The zero-order valence-electron chi connectivity index (χ0n) is 20.9. The first-order valence-corrected chi connectivity index (χ1v) is 13.6. The second-order valence-corrected chi connectivity index (χ2v) is 10.6. The molecule has 11 heteroatoms. The number of hydrogen-bond donors (Lipinski definition) is 1. The molecule has 0 aliphatic heterocycles. The van der Waals surface area contributed by atoms with Crippen LogP contribution in [0, 0.1) is 5.92 Å². The Bertz CT molecular complexity index is 1310. The van der Waals surface area contributed by atoms with Crippen LogP contribution in [0.5, 0.6) is 0 Å². The van der Waals surface area contributed by atoms with Gasteiger partial charge in [-0.25, -0.2) is 9.59 Å². The van der Waals surface area contributed by atoms with Gasteiger partial charge in [0, 0.05) is 28.1 Å². The number of thioether (sulfide) groups is 1. The van der Waals surface area contributed by atoms with Crippen LogP contribution in [0.3, 0.4) is 0 Å². The van der Waals surface area contributed by atoms with Crippen molar-refractivity contribution in [1.82, 2.24) is 14.8 Å². The van der Waals surface area contributed by atoms with E-state index in [1.54, 1.807) is 17.4 Å². The van der Waals surface area contributed by atoms with Gasteiger partial charge in [-0.2, -0.15) is 0 Å². The molecule has 2 heterocycles. The van der Waals surface area contributed by atoms with Crippen LogP contribution in [-0.2, 0) is 33.7 Å². The van der Waals surface area contributed by atoms with E-state index in [1.165, 1.54) is 54.6 Å². The normalized spacial score (nSPS) is 14.5. The number of fused-ring (bicyclic) bond motifs is 1. The SMILES string of the molecule is C=CCn1c(SCC(=O)Nc2cc(C(=O)OC)cc(C(=O)OC)c2)nnc1-c1csc2c1CCC(C)C2. The van der Waals surface area contributed by atoms with E-state index in [2.05, 4.69) is 34.4 Å². The number of ether oxygens (including phenoxy) is 2. The summed E-state index contributed by atoms with van der Waals surface area (Å²) in [7, 11) is 2.48. The van der Waals surface area contributed by atoms with Crippen molar-refractivity contribution in [3.8, 4) is 11.4 Å². The molecular formula is C26H28N4O5S2. The summed E-state index contributed by atoms with van der Waals surface area (Å²) in [4.78, 5) is 38.2. The third-order valence-corrected chi connectivity index (χ3v) is 8.08. The van der Waals surface area contributed by atoms with Gasteiger partial charge in [0.1, 0.15) is 0 Å². The fraction of sp³-hybridized carbons (Fsp3) is 0.346. The lowest BCUT2D eigenvalue weighted by atomic mass is 9.88. The fourth-order valence-electron chi connectivity index (χ4n) is 4.25. The molecule has 194 valence electrons. The lowest BCUT2D eigenvalue weighted by Crippen LogP contribution is -2.16. The summed E-state index contributed by atoms with van der Waals surface area (Å²) in [5.41, 5.74) is 2.98. The molecule has 3 aromatic rings. The minimum absolute atomic E-state index is 0.0462. The molecule has 1 aliphatic rings. The van der Waals surface area contributed by atoms with Crippen LogP contribution in [0.1, 0.15) is 44.5 Å². The highest BCUT2D eigenvalue weighted by molar-refractivity contribution is 7.99. The predicted molar refractivity (Wildman–Crippen MR) is 143 cm³/mol. The Hall–Kier alpha value is -3.44. The van der Waals surface area contributed by atoms with Crippen molar-refractivity contribution in [3.05, 3.63) is 57.8 Å². The summed E-state index contributed by atoms with van der Waals surface area (Å²) in [6.45, 7) is 6.66. The number of methoxy groups -OCH3 is 2. The number of carbonyl (C=O) groups excluding carboxylic acids is 3. The van der Waals surface area contributed by atoms with Gasteiger partial charge in [-0.3, -0.25) is 9.36 Å². The topological polar surface area (TPSA) is 112 Å². The molecule has 0 spiro atoms. The van der Waals surface area contributed by atoms with Crippen LogP contribution in [0.25, 0.3) is 11.4 Å². The molecular weight excluding hydrogens is 512 g/mol. The van der Waals surface area contributed by atoms with Crippen LogP contribution in [-0.4, -0.2) is 52.6 Å². The maximum Gasteiger partial charge on any atom is 0.337 e. The third kappa shape index (κ3) is 5.94. The summed E-state index contributed by atoms with van der Waals surface area (Å²) in [6, 6.07) is 4.24. The molecule has 1 aliphatic carbocycles. The monoisotopic (exact) mass is 540 g/mol. The van der Waals surface area contributed by atoms with E-state index in [4.69, 9.17) is 9.47 Å². The molecule has 1 aromatic carbocycles. The van der Waals surface area contributed by atoms with E-state index >= 15 is 0 Å². The van der Waals surface area contributed by atoms with E-state index in [0.717, 1.165) is 30.7 Å². The number of nitrogens with one attached hydrogen (secondary N) is 1. The zero-order chi connectivity index (χ0) is 26.5. The summed E-state index contributed by atoms with van der Waals surface area (Å²) >= 11 is 3.02. The van der Waals surface area contributed by atoms with Gasteiger partial charge < -0.3 is 14.8 Å². The number of benzene rings is 1. The van der Waals surface area contributed by atoms with Crippen molar-refractivity contribution in [2.45, 2.75) is 37.9 Å². The quantitative estimate of drug-likeness (QED) is 0.238. The highest BCUT2D eigenvalue weighted by Gasteiger charge is 2.24. The number of carbonyl (C=O) groups is 3. The molecule has 0 bridgehead atoms. The minimum Gasteiger partial charge on any atom is -0.465 e. The van der Waals surface area contributed by atoms with Gasteiger partial charge in [-0.15, -0.1) is 28.1 Å². The lowest BCUT2D eigenvalue weighted by molar-refractivity contribution is -0.113. The zero-order valence-corrected chi connectivity index (χ0v) is 22.5. The number of thiophene rings is 1. The number of aromatic nitrogens is 3. The molecule has 2 aromatic heterocycles. The maximum atomic E-state index is 12.8. The minimum atomic E-state index is -0.634. The third-order valence-electron chi connectivity index (χ3n) is 6.06.